The first kappa shape index (κ1) is 17.4. The standard InChI is InChI=1S/C17H24FN3O2/c1-12(13-3-5-15(18)6-4-13)20(2)11-16(22)21-9-7-14(8-10-21)17(19)23/h3-6,12,14H,7-11H2,1-2H3,(H2,19,23). The highest BCUT2D eigenvalue weighted by Crippen LogP contribution is 2.20. The van der Waals surface area contributed by atoms with Gasteiger partial charge in [0.25, 0.3) is 0 Å². The molecule has 5 nitrogen and oxygen atoms in total. The molecule has 1 aliphatic heterocycles. The first-order valence-electron chi connectivity index (χ1n) is 7.91. The normalized spacial score (nSPS) is 17.3. The lowest BCUT2D eigenvalue weighted by Crippen LogP contribution is -2.45. The second kappa shape index (κ2) is 7.55. The molecule has 0 saturated carbocycles. The fourth-order valence-corrected chi connectivity index (χ4v) is 2.86. The summed E-state index contributed by atoms with van der Waals surface area (Å²) in [5.41, 5.74) is 6.27. The molecule has 2 rings (SSSR count). The molecule has 0 aromatic heterocycles. The quantitative estimate of drug-likeness (QED) is 0.894. The third-order valence-electron chi connectivity index (χ3n) is 4.65. The summed E-state index contributed by atoms with van der Waals surface area (Å²) in [4.78, 5) is 27.3. The predicted octanol–water partition coefficient (Wildman–Crippen LogP) is 1.54. The second-order valence-electron chi connectivity index (χ2n) is 6.20. The Morgan fingerprint density at radius 1 is 1.30 bits per heavy atom. The van der Waals surface area contributed by atoms with Crippen molar-refractivity contribution in [1.29, 1.82) is 0 Å². The van der Waals surface area contributed by atoms with E-state index in [4.69, 9.17) is 5.73 Å². The van der Waals surface area contributed by atoms with Gasteiger partial charge in [0.2, 0.25) is 11.8 Å². The van der Waals surface area contributed by atoms with Crippen LogP contribution in [0.4, 0.5) is 4.39 Å². The van der Waals surface area contributed by atoms with Crippen LogP contribution in [0.1, 0.15) is 31.4 Å². The molecule has 1 aromatic carbocycles. The lowest BCUT2D eigenvalue weighted by atomic mass is 9.96. The molecule has 0 spiro atoms. The summed E-state index contributed by atoms with van der Waals surface area (Å²) in [6.07, 6.45) is 1.27. The highest BCUT2D eigenvalue weighted by Gasteiger charge is 2.27. The predicted molar refractivity (Wildman–Crippen MR) is 85.9 cm³/mol. The Morgan fingerprint density at radius 3 is 2.39 bits per heavy atom. The van der Waals surface area contributed by atoms with Crippen LogP contribution in [0.25, 0.3) is 0 Å². The topological polar surface area (TPSA) is 66.6 Å². The molecule has 0 bridgehead atoms. The number of piperidine rings is 1. The molecule has 126 valence electrons. The van der Waals surface area contributed by atoms with E-state index < -0.39 is 0 Å². The molecule has 6 heteroatoms. The van der Waals surface area contributed by atoms with Crippen molar-refractivity contribution in [3.63, 3.8) is 0 Å². The van der Waals surface area contributed by atoms with Crippen molar-refractivity contribution in [3.8, 4) is 0 Å². The zero-order valence-electron chi connectivity index (χ0n) is 13.7. The number of primary amides is 1. The number of benzene rings is 1. The van der Waals surface area contributed by atoms with Crippen LogP contribution >= 0.6 is 0 Å². The lowest BCUT2D eigenvalue weighted by molar-refractivity contribution is -0.136. The largest absolute Gasteiger partial charge is 0.369 e. The summed E-state index contributed by atoms with van der Waals surface area (Å²) in [6.45, 7) is 3.43. The fraction of sp³-hybridized carbons (Fsp3) is 0.529. The molecule has 1 aromatic rings. The van der Waals surface area contributed by atoms with Crippen LogP contribution in [0, 0.1) is 11.7 Å². The van der Waals surface area contributed by atoms with E-state index in [1.807, 2.05) is 18.9 Å². The minimum Gasteiger partial charge on any atom is -0.369 e. The smallest absolute Gasteiger partial charge is 0.236 e. The molecule has 1 fully saturated rings. The van der Waals surface area contributed by atoms with Crippen LogP contribution < -0.4 is 5.73 Å². The number of hydrogen-bond donors (Lipinski definition) is 1. The maximum Gasteiger partial charge on any atom is 0.236 e. The van der Waals surface area contributed by atoms with Gasteiger partial charge in [-0.25, -0.2) is 4.39 Å². The van der Waals surface area contributed by atoms with Crippen molar-refractivity contribution in [1.82, 2.24) is 9.80 Å². The molecular weight excluding hydrogens is 297 g/mol. The van der Waals surface area contributed by atoms with E-state index in [2.05, 4.69) is 0 Å². The first-order chi connectivity index (χ1) is 10.9. The van der Waals surface area contributed by atoms with Gasteiger partial charge in [-0.2, -0.15) is 0 Å². The number of halogens is 1. The number of rotatable bonds is 5. The van der Waals surface area contributed by atoms with Gasteiger partial charge in [-0.15, -0.1) is 0 Å². The van der Waals surface area contributed by atoms with Crippen LogP contribution in [0.15, 0.2) is 24.3 Å². The first-order valence-corrected chi connectivity index (χ1v) is 7.91. The Balaban J connectivity index is 1.87. The summed E-state index contributed by atoms with van der Waals surface area (Å²) in [5, 5.41) is 0. The SMILES string of the molecule is CC(c1ccc(F)cc1)N(C)CC(=O)N1CCC(C(N)=O)CC1. The van der Waals surface area contributed by atoms with Gasteiger partial charge in [-0.05, 0) is 44.5 Å². The van der Waals surface area contributed by atoms with Crippen LogP contribution in [-0.2, 0) is 9.59 Å². The van der Waals surface area contributed by atoms with E-state index >= 15 is 0 Å². The molecule has 1 saturated heterocycles. The number of likely N-dealkylation sites (N-methyl/N-ethyl adjacent to an activating group) is 1. The highest BCUT2D eigenvalue weighted by atomic mass is 19.1. The molecule has 1 heterocycles. The Morgan fingerprint density at radius 2 is 1.87 bits per heavy atom. The molecule has 2 amide bonds. The van der Waals surface area contributed by atoms with Crippen molar-refractivity contribution in [2.24, 2.45) is 11.7 Å². The van der Waals surface area contributed by atoms with Crippen molar-refractivity contribution in [2.75, 3.05) is 26.7 Å². The van der Waals surface area contributed by atoms with Gasteiger partial charge >= 0.3 is 0 Å². The van der Waals surface area contributed by atoms with E-state index in [-0.39, 0.29) is 29.6 Å². The van der Waals surface area contributed by atoms with Crippen molar-refractivity contribution < 1.29 is 14.0 Å². The van der Waals surface area contributed by atoms with E-state index in [9.17, 15) is 14.0 Å². The zero-order chi connectivity index (χ0) is 17.0. The molecular formula is C17H24FN3O2. The van der Waals surface area contributed by atoms with Crippen LogP contribution in [0.3, 0.4) is 0 Å². The van der Waals surface area contributed by atoms with Gasteiger partial charge in [0.15, 0.2) is 0 Å². The fourth-order valence-electron chi connectivity index (χ4n) is 2.86. The summed E-state index contributed by atoms with van der Waals surface area (Å²) < 4.78 is 13.0. The maximum atomic E-state index is 13.0. The summed E-state index contributed by atoms with van der Waals surface area (Å²) in [5.74, 6) is -0.615. The number of carbonyl (C=O) groups is 2. The molecule has 1 atom stereocenters. The number of nitrogens with zero attached hydrogens (tertiary/aromatic N) is 2. The maximum absolute atomic E-state index is 13.0. The molecule has 23 heavy (non-hydrogen) atoms. The third-order valence-corrected chi connectivity index (χ3v) is 4.65. The Bertz CT molecular complexity index is 553. The van der Waals surface area contributed by atoms with E-state index in [0.29, 0.717) is 32.5 Å². The van der Waals surface area contributed by atoms with E-state index in [0.717, 1.165) is 5.56 Å². The van der Waals surface area contributed by atoms with Crippen molar-refractivity contribution in [3.05, 3.63) is 35.6 Å². The van der Waals surface area contributed by atoms with Gasteiger partial charge in [-0.1, -0.05) is 12.1 Å². The van der Waals surface area contributed by atoms with E-state index in [1.54, 1.807) is 17.0 Å². The van der Waals surface area contributed by atoms with Gasteiger partial charge in [0.1, 0.15) is 5.82 Å². The number of amides is 2. The second-order valence-corrected chi connectivity index (χ2v) is 6.20. The van der Waals surface area contributed by atoms with Crippen LogP contribution in [0.5, 0.6) is 0 Å². The average Bonchev–Trinajstić information content (AvgIpc) is 2.54. The summed E-state index contributed by atoms with van der Waals surface area (Å²) in [6, 6.07) is 6.34. The number of carbonyl (C=O) groups excluding carboxylic acids is 2. The van der Waals surface area contributed by atoms with Gasteiger partial charge < -0.3 is 10.6 Å². The molecule has 0 radical (unpaired) electrons. The van der Waals surface area contributed by atoms with Gasteiger partial charge in [-0.3, -0.25) is 14.5 Å². The van der Waals surface area contributed by atoms with Crippen LogP contribution in [-0.4, -0.2) is 48.3 Å². The molecule has 1 unspecified atom stereocenters. The number of hydrogen-bond acceptors (Lipinski definition) is 3. The molecule has 1 aliphatic rings. The summed E-state index contributed by atoms with van der Waals surface area (Å²) in [7, 11) is 1.88. The minimum atomic E-state index is -0.279. The summed E-state index contributed by atoms with van der Waals surface area (Å²) >= 11 is 0. The minimum absolute atomic E-state index is 0.0164. The Hall–Kier alpha value is -1.95. The van der Waals surface area contributed by atoms with Gasteiger partial charge in [0, 0.05) is 25.0 Å². The Kier molecular flexibility index (Phi) is 5.71. The van der Waals surface area contributed by atoms with Crippen molar-refractivity contribution >= 4 is 11.8 Å². The zero-order valence-corrected chi connectivity index (χ0v) is 13.7. The molecule has 2 N–H and O–H groups in total. The van der Waals surface area contributed by atoms with E-state index in [1.165, 1.54) is 12.1 Å². The van der Waals surface area contributed by atoms with Crippen LogP contribution in [0.2, 0.25) is 0 Å². The monoisotopic (exact) mass is 321 g/mol. The third kappa shape index (κ3) is 4.51. The Labute approximate surface area is 136 Å². The van der Waals surface area contributed by atoms with Crippen molar-refractivity contribution in [2.45, 2.75) is 25.8 Å². The lowest BCUT2D eigenvalue weighted by Gasteiger charge is -2.33. The highest BCUT2D eigenvalue weighted by molar-refractivity contribution is 5.80. The molecule has 0 aliphatic carbocycles. The van der Waals surface area contributed by atoms with Gasteiger partial charge in [0.05, 0.1) is 6.54 Å². The number of nitrogens with two attached hydrogens (primary N) is 1. The average molecular weight is 321 g/mol. The number of likely N-dealkylation sites (tertiary alicyclic amines) is 1.